The van der Waals surface area contributed by atoms with E-state index in [1.807, 2.05) is 47.8 Å². The van der Waals surface area contributed by atoms with Crippen LogP contribution in [0.1, 0.15) is 17.3 Å². The van der Waals surface area contributed by atoms with E-state index in [1.54, 1.807) is 10.9 Å². The van der Waals surface area contributed by atoms with E-state index < -0.39 is 18.0 Å². The number of rotatable bonds is 5. The van der Waals surface area contributed by atoms with E-state index in [1.165, 1.54) is 18.3 Å². The second-order valence-electron chi connectivity index (χ2n) is 5.10. The maximum atomic E-state index is 12.4. The first-order valence-electron chi connectivity index (χ1n) is 7.25. The molecule has 1 atom stereocenters. The molecule has 0 spiro atoms. The maximum absolute atomic E-state index is 12.4. The Hall–Kier alpha value is -2.93. The molecule has 1 unspecified atom stereocenters. The largest absolute Gasteiger partial charge is 0.449 e. The lowest BCUT2D eigenvalue weighted by atomic mass is 10.2. The van der Waals surface area contributed by atoms with Gasteiger partial charge in [-0.25, -0.2) is 9.48 Å². The van der Waals surface area contributed by atoms with Crippen molar-refractivity contribution in [2.24, 2.45) is 5.73 Å². The summed E-state index contributed by atoms with van der Waals surface area (Å²) < 4.78 is 6.74. The fraction of sp³-hybridized carbons (Fsp3) is 0.118. The van der Waals surface area contributed by atoms with Gasteiger partial charge in [0.05, 0.1) is 10.6 Å². The predicted octanol–water partition coefficient (Wildman–Crippen LogP) is 2.63. The van der Waals surface area contributed by atoms with E-state index >= 15 is 0 Å². The molecule has 3 aromatic rings. The van der Waals surface area contributed by atoms with Crippen LogP contribution >= 0.6 is 11.3 Å². The highest BCUT2D eigenvalue weighted by molar-refractivity contribution is 7.13. The number of benzene rings is 1. The Bertz CT molecular complexity index is 857. The van der Waals surface area contributed by atoms with Crippen molar-refractivity contribution in [3.05, 3.63) is 59.6 Å². The third-order valence-electron chi connectivity index (χ3n) is 3.39. The van der Waals surface area contributed by atoms with Crippen LogP contribution < -0.4 is 5.73 Å². The number of ether oxygens (including phenoxy) is 1. The van der Waals surface area contributed by atoms with Gasteiger partial charge in [0.15, 0.2) is 6.10 Å². The topological polar surface area (TPSA) is 87.2 Å². The molecular formula is C17H15N3O3S. The average molecular weight is 341 g/mol. The lowest BCUT2D eigenvalue weighted by Gasteiger charge is -2.08. The van der Waals surface area contributed by atoms with Crippen LogP contribution in [0, 0.1) is 0 Å². The van der Waals surface area contributed by atoms with Gasteiger partial charge < -0.3 is 10.5 Å². The molecule has 0 aliphatic rings. The Balaban J connectivity index is 2.02. The first-order valence-corrected chi connectivity index (χ1v) is 8.13. The van der Waals surface area contributed by atoms with Crippen molar-refractivity contribution >= 4 is 23.2 Å². The second-order valence-corrected chi connectivity index (χ2v) is 6.05. The first kappa shape index (κ1) is 15.9. The number of nitrogens with zero attached hydrogens (tertiary/aromatic N) is 2. The fourth-order valence-electron chi connectivity index (χ4n) is 2.11. The summed E-state index contributed by atoms with van der Waals surface area (Å²) in [7, 11) is 0. The molecule has 6 nitrogen and oxygen atoms in total. The van der Waals surface area contributed by atoms with Gasteiger partial charge >= 0.3 is 5.97 Å². The number of nitrogens with two attached hydrogens (primary N) is 1. The molecule has 2 N–H and O–H groups in total. The average Bonchev–Trinajstić information content (AvgIpc) is 3.24. The van der Waals surface area contributed by atoms with Crippen molar-refractivity contribution < 1.29 is 14.3 Å². The zero-order chi connectivity index (χ0) is 17.1. The molecule has 0 aliphatic carbocycles. The van der Waals surface area contributed by atoms with E-state index in [9.17, 15) is 9.59 Å². The van der Waals surface area contributed by atoms with Crippen LogP contribution in [0.15, 0.2) is 54.0 Å². The number of amides is 1. The van der Waals surface area contributed by atoms with Gasteiger partial charge in [0.1, 0.15) is 11.3 Å². The molecular weight excluding hydrogens is 326 g/mol. The van der Waals surface area contributed by atoms with Gasteiger partial charge in [0, 0.05) is 6.20 Å². The molecule has 2 aromatic heterocycles. The monoisotopic (exact) mass is 341 g/mol. The van der Waals surface area contributed by atoms with E-state index in [2.05, 4.69) is 5.10 Å². The molecule has 24 heavy (non-hydrogen) atoms. The van der Waals surface area contributed by atoms with Gasteiger partial charge in [-0.05, 0) is 30.5 Å². The van der Waals surface area contributed by atoms with Gasteiger partial charge in [-0.2, -0.15) is 5.10 Å². The van der Waals surface area contributed by atoms with Crippen LogP contribution in [-0.4, -0.2) is 27.8 Å². The standard InChI is InChI=1S/C17H15N3O3S/c1-11(16(18)21)23-17(22)13-10-20(12-6-3-2-4-7-12)19-15(13)14-8-5-9-24-14/h2-11H,1H3,(H2,18,21). The number of esters is 1. The van der Waals surface area contributed by atoms with Crippen molar-refractivity contribution in [3.63, 3.8) is 0 Å². The summed E-state index contributed by atoms with van der Waals surface area (Å²) >= 11 is 1.47. The molecule has 0 saturated carbocycles. The number of thiophene rings is 1. The van der Waals surface area contributed by atoms with Crippen molar-refractivity contribution in [3.8, 4) is 16.3 Å². The van der Waals surface area contributed by atoms with Crippen LogP contribution in [0.2, 0.25) is 0 Å². The molecule has 0 saturated heterocycles. The zero-order valence-corrected chi connectivity index (χ0v) is 13.7. The van der Waals surface area contributed by atoms with Gasteiger partial charge in [0.2, 0.25) is 0 Å². The van der Waals surface area contributed by atoms with E-state index in [0.29, 0.717) is 5.69 Å². The molecule has 1 aromatic carbocycles. The van der Waals surface area contributed by atoms with Crippen LogP contribution in [0.4, 0.5) is 0 Å². The minimum absolute atomic E-state index is 0.286. The Morgan fingerprint density at radius 3 is 2.58 bits per heavy atom. The third kappa shape index (κ3) is 3.21. The van der Waals surface area contributed by atoms with Gasteiger partial charge in [-0.15, -0.1) is 11.3 Å². The summed E-state index contributed by atoms with van der Waals surface area (Å²) in [5, 5.41) is 6.41. The third-order valence-corrected chi connectivity index (χ3v) is 4.27. The van der Waals surface area contributed by atoms with E-state index in [-0.39, 0.29) is 5.56 Å². The molecule has 3 rings (SSSR count). The van der Waals surface area contributed by atoms with E-state index in [0.717, 1.165) is 10.6 Å². The smallest absolute Gasteiger partial charge is 0.342 e. The molecule has 0 fully saturated rings. The number of para-hydroxylation sites is 1. The number of carbonyl (C=O) groups is 2. The van der Waals surface area contributed by atoms with Crippen LogP contribution in [-0.2, 0) is 9.53 Å². The number of hydrogen-bond acceptors (Lipinski definition) is 5. The number of carbonyl (C=O) groups excluding carboxylic acids is 2. The van der Waals surface area contributed by atoms with Crippen molar-refractivity contribution in [2.45, 2.75) is 13.0 Å². The summed E-state index contributed by atoms with van der Waals surface area (Å²) in [5.41, 5.74) is 6.77. The molecule has 0 radical (unpaired) electrons. The van der Waals surface area contributed by atoms with Crippen LogP contribution in [0.25, 0.3) is 16.3 Å². The van der Waals surface area contributed by atoms with Gasteiger partial charge in [0.25, 0.3) is 5.91 Å². The Labute approximate surface area is 142 Å². The zero-order valence-electron chi connectivity index (χ0n) is 12.9. The summed E-state index contributed by atoms with van der Waals surface area (Å²) in [6, 6.07) is 13.2. The highest BCUT2D eigenvalue weighted by atomic mass is 32.1. The second kappa shape index (κ2) is 6.67. The molecule has 0 aliphatic heterocycles. The lowest BCUT2D eigenvalue weighted by Crippen LogP contribution is -2.30. The first-order chi connectivity index (χ1) is 11.6. The minimum Gasteiger partial charge on any atom is -0.449 e. The SMILES string of the molecule is CC(OC(=O)c1cn(-c2ccccc2)nc1-c1cccs1)C(N)=O. The molecule has 2 heterocycles. The molecule has 0 bridgehead atoms. The summed E-state index contributed by atoms with van der Waals surface area (Å²) in [6.07, 6.45) is 0.592. The van der Waals surface area contributed by atoms with Crippen LogP contribution in [0.3, 0.4) is 0 Å². The van der Waals surface area contributed by atoms with Gasteiger partial charge in [-0.3, -0.25) is 4.79 Å². The minimum atomic E-state index is -1.01. The fourth-order valence-corrected chi connectivity index (χ4v) is 2.84. The molecule has 122 valence electrons. The summed E-state index contributed by atoms with van der Waals surface area (Å²) in [4.78, 5) is 24.4. The highest BCUT2D eigenvalue weighted by Crippen LogP contribution is 2.28. The van der Waals surface area contributed by atoms with Crippen molar-refractivity contribution in [1.29, 1.82) is 0 Å². The molecule has 7 heteroatoms. The Morgan fingerprint density at radius 1 is 1.21 bits per heavy atom. The Morgan fingerprint density at radius 2 is 1.96 bits per heavy atom. The normalized spacial score (nSPS) is 11.9. The van der Waals surface area contributed by atoms with E-state index in [4.69, 9.17) is 10.5 Å². The van der Waals surface area contributed by atoms with Crippen LogP contribution in [0.5, 0.6) is 0 Å². The van der Waals surface area contributed by atoms with Crippen molar-refractivity contribution in [2.75, 3.05) is 0 Å². The number of primary amides is 1. The van der Waals surface area contributed by atoms with Crippen molar-refractivity contribution in [1.82, 2.24) is 9.78 Å². The summed E-state index contributed by atoms with van der Waals surface area (Å²) in [5.74, 6) is -1.33. The summed E-state index contributed by atoms with van der Waals surface area (Å²) in [6.45, 7) is 1.44. The van der Waals surface area contributed by atoms with Gasteiger partial charge in [-0.1, -0.05) is 24.3 Å². The molecule has 1 amide bonds. The quantitative estimate of drug-likeness (QED) is 0.723. The number of hydrogen-bond donors (Lipinski definition) is 1. The Kier molecular flexibility index (Phi) is 4.43. The lowest BCUT2D eigenvalue weighted by molar-refractivity contribution is -0.125. The predicted molar refractivity (Wildman–Crippen MR) is 90.9 cm³/mol. The maximum Gasteiger partial charge on any atom is 0.342 e. The number of aromatic nitrogens is 2. The highest BCUT2D eigenvalue weighted by Gasteiger charge is 2.23.